The Morgan fingerprint density at radius 3 is 2.59 bits per heavy atom. The molecule has 2 nitrogen and oxygen atoms in total. The van der Waals surface area contributed by atoms with Gasteiger partial charge in [-0.25, -0.2) is 0 Å². The predicted octanol–water partition coefficient (Wildman–Crippen LogP) is 8.58. The van der Waals surface area contributed by atoms with Crippen LogP contribution < -0.4 is 0 Å². The molecule has 0 radical (unpaired) electrons. The third-order valence-electron chi connectivity index (χ3n) is 9.95. The zero-order valence-corrected chi connectivity index (χ0v) is 24.3. The molecule has 4 atom stereocenters. The van der Waals surface area contributed by atoms with E-state index in [1.54, 1.807) is 11.1 Å². The van der Waals surface area contributed by atoms with Gasteiger partial charge < -0.3 is 9.84 Å². The second-order valence-electron chi connectivity index (χ2n) is 12.8. The second kappa shape index (κ2) is 11.1. The molecule has 4 rings (SSSR count). The summed E-state index contributed by atoms with van der Waals surface area (Å²) in [5, 5.41) is 10.3. The van der Waals surface area contributed by atoms with Crippen LogP contribution in [0.4, 0.5) is 0 Å². The van der Waals surface area contributed by atoms with E-state index in [0.717, 1.165) is 48.7 Å². The summed E-state index contributed by atoms with van der Waals surface area (Å²) in [5.41, 5.74) is 5.00. The Morgan fingerprint density at radius 1 is 1.12 bits per heavy atom. The summed E-state index contributed by atoms with van der Waals surface area (Å²) in [6.07, 6.45) is 21.3. The molecule has 4 aliphatic carbocycles. The van der Waals surface area contributed by atoms with Gasteiger partial charge in [0, 0.05) is 16.4 Å². The van der Waals surface area contributed by atoms with Crippen molar-refractivity contribution >= 4 is 22.6 Å². The van der Waals surface area contributed by atoms with E-state index in [4.69, 9.17) is 4.74 Å². The molecule has 192 valence electrons. The van der Waals surface area contributed by atoms with Gasteiger partial charge >= 0.3 is 0 Å². The van der Waals surface area contributed by atoms with E-state index in [1.807, 2.05) is 6.92 Å². The number of allylic oxidation sites excluding steroid dienone is 5. The Morgan fingerprint density at radius 2 is 1.88 bits per heavy atom. The van der Waals surface area contributed by atoms with Crippen LogP contribution in [-0.4, -0.2) is 28.3 Å². The fourth-order valence-corrected chi connectivity index (χ4v) is 8.14. The van der Waals surface area contributed by atoms with Gasteiger partial charge in [-0.2, -0.15) is 0 Å². The minimum Gasteiger partial charge on any atom is -0.389 e. The van der Waals surface area contributed by atoms with Crippen molar-refractivity contribution in [2.24, 2.45) is 28.6 Å². The van der Waals surface area contributed by atoms with Crippen LogP contribution in [0.3, 0.4) is 0 Å². The highest BCUT2D eigenvalue weighted by Gasteiger charge is 2.53. The zero-order chi connectivity index (χ0) is 24.4. The number of aliphatic hydroxyl groups is 1. The maximum atomic E-state index is 10.3. The maximum absolute atomic E-state index is 10.3. The molecule has 2 unspecified atom stereocenters. The number of hydrogen-bond donors (Lipinski definition) is 1. The van der Waals surface area contributed by atoms with Gasteiger partial charge in [0.25, 0.3) is 0 Å². The van der Waals surface area contributed by atoms with E-state index >= 15 is 0 Å². The highest BCUT2D eigenvalue weighted by Crippen LogP contribution is 2.61. The van der Waals surface area contributed by atoms with Crippen molar-refractivity contribution in [3.63, 3.8) is 0 Å². The second-order valence-corrected chi connectivity index (χ2v) is 13.5. The van der Waals surface area contributed by atoms with Gasteiger partial charge in [-0.1, -0.05) is 60.7 Å². The van der Waals surface area contributed by atoms with Crippen LogP contribution >= 0.6 is 22.6 Å². The molecule has 0 heterocycles. The molecule has 1 N–H and O–H groups in total. The highest BCUT2D eigenvalue weighted by atomic mass is 127. The minimum absolute atomic E-state index is 0.325. The Hall–Kier alpha value is -0.130. The normalized spacial score (nSPS) is 34.7. The molecule has 0 aromatic carbocycles. The van der Waals surface area contributed by atoms with Crippen LogP contribution in [0.5, 0.6) is 0 Å². The van der Waals surface area contributed by atoms with E-state index in [1.165, 1.54) is 69.8 Å². The lowest BCUT2D eigenvalue weighted by Crippen LogP contribution is -2.42. The standard InChI is InChI=1S/C31H49IO2/c1-23(2)27-13-14-28-26(12-11-25-9-7-16-30(18-19-30)24(25)3)10-8-17-31(27,28)22-34-20-6-5-15-29(4,33)21-32/h11-12,23,27-28,33H,3,5-10,13-22H2,1-2,4H3/b25-11-,26-12+/t27-,28?,29?,31+/m1/s1. The Bertz CT molecular complexity index is 787. The summed E-state index contributed by atoms with van der Waals surface area (Å²) in [5.74, 6) is 2.18. The van der Waals surface area contributed by atoms with Gasteiger partial charge in [-0.15, -0.1) is 0 Å². The molecule has 0 bridgehead atoms. The Kier molecular flexibility index (Phi) is 8.78. The van der Waals surface area contributed by atoms with Crippen LogP contribution in [0, 0.1) is 28.6 Å². The van der Waals surface area contributed by atoms with Crippen LogP contribution in [0.25, 0.3) is 0 Å². The molecule has 4 saturated carbocycles. The van der Waals surface area contributed by atoms with E-state index in [-0.39, 0.29) is 0 Å². The highest BCUT2D eigenvalue weighted by molar-refractivity contribution is 14.1. The van der Waals surface area contributed by atoms with Crippen molar-refractivity contribution < 1.29 is 9.84 Å². The third-order valence-corrected chi connectivity index (χ3v) is 11.6. The smallest absolute Gasteiger partial charge is 0.0708 e. The molecule has 3 heteroatoms. The molecule has 0 aromatic heterocycles. The maximum Gasteiger partial charge on any atom is 0.0708 e. The number of fused-ring (bicyclic) bond motifs is 1. The molecule has 0 amide bonds. The number of alkyl halides is 1. The van der Waals surface area contributed by atoms with Crippen molar-refractivity contribution in [3.8, 4) is 0 Å². The van der Waals surface area contributed by atoms with Crippen molar-refractivity contribution in [1.29, 1.82) is 0 Å². The lowest BCUT2D eigenvalue weighted by molar-refractivity contribution is -0.0296. The predicted molar refractivity (Wildman–Crippen MR) is 152 cm³/mol. The molecule has 1 spiro atoms. The molecule has 34 heavy (non-hydrogen) atoms. The molecular formula is C31H49IO2. The summed E-state index contributed by atoms with van der Waals surface area (Å²) in [6.45, 7) is 13.1. The van der Waals surface area contributed by atoms with Gasteiger partial charge in [0.1, 0.15) is 0 Å². The van der Waals surface area contributed by atoms with E-state index in [9.17, 15) is 5.11 Å². The largest absolute Gasteiger partial charge is 0.389 e. The summed E-state index contributed by atoms with van der Waals surface area (Å²) < 4.78 is 7.26. The first-order chi connectivity index (χ1) is 16.2. The Labute approximate surface area is 223 Å². The van der Waals surface area contributed by atoms with Crippen molar-refractivity contribution in [1.82, 2.24) is 0 Å². The Balaban J connectivity index is 1.42. The molecule has 4 fully saturated rings. The topological polar surface area (TPSA) is 29.5 Å². The molecule has 0 aliphatic heterocycles. The quantitative estimate of drug-likeness (QED) is 0.159. The molecular weight excluding hydrogens is 531 g/mol. The number of halogens is 1. The fraction of sp³-hybridized carbons (Fsp3) is 0.806. The first kappa shape index (κ1) is 26.9. The summed E-state index contributed by atoms with van der Waals surface area (Å²) in [7, 11) is 0. The first-order valence-electron chi connectivity index (χ1n) is 14.2. The minimum atomic E-state index is -0.529. The van der Waals surface area contributed by atoms with Gasteiger partial charge in [0.15, 0.2) is 0 Å². The fourth-order valence-electron chi connectivity index (χ4n) is 7.76. The monoisotopic (exact) mass is 580 g/mol. The van der Waals surface area contributed by atoms with Gasteiger partial charge in [-0.05, 0) is 125 Å². The van der Waals surface area contributed by atoms with Crippen LogP contribution in [-0.2, 0) is 4.74 Å². The zero-order valence-electron chi connectivity index (χ0n) is 22.1. The number of rotatable bonds is 10. The average Bonchev–Trinajstić information content (AvgIpc) is 3.47. The number of ether oxygens (including phenoxy) is 1. The van der Waals surface area contributed by atoms with Crippen molar-refractivity contribution in [3.05, 3.63) is 35.5 Å². The van der Waals surface area contributed by atoms with Crippen LogP contribution in [0.1, 0.15) is 104 Å². The SMILES string of the molecule is C=C1/C(=C\C=C2/CCC[C@@]3(COCCCCC(C)(O)CI)C2CC[C@@H]3C(C)C)CCCC12CC2. The van der Waals surface area contributed by atoms with Crippen LogP contribution in [0.15, 0.2) is 35.5 Å². The molecule has 4 aliphatic rings. The summed E-state index contributed by atoms with van der Waals surface area (Å²) >= 11 is 2.29. The van der Waals surface area contributed by atoms with Gasteiger partial charge in [0.2, 0.25) is 0 Å². The first-order valence-corrected chi connectivity index (χ1v) is 15.7. The molecule has 0 saturated heterocycles. The van der Waals surface area contributed by atoms with Crippen LogP contribution in [0.2, 0.25) is 0 Å². The number of unbranched alkanes of at least 4 members (excludes halogenated alkanes) is 1. The third kappa shape index (κ3) is 5.72. The van der Waals surface area contributed by atoms with E-state index in [0.29, 0.717) is 16.7 Å². The summed E-state index contributed by atoms with van der Waals surface area (Å²) in [6, 6.07) is 0. The van der Waals surface area contributed by atoms with Gasteiger partial charge in [-0.3, -0.25) is 0 Å². The van der Waals surface area contributed by atoms with Crippen molar-refractivity contribution in [2.75, 3.05) is 17.6 Å². The summed E-state index contributed by atoms with van der Waals surface area (Å²) in [4.78, 5) is 0. The van der Waals surface area contributed by atoms with E-state index < -0.39 is 5.60 Å². The lowest BCUT2D eigenvalue weighted by Gasteiger charge is -2.46. The van der Waals surface area contributed by atoms with Crippen molar-refractivity contribution in [2.45, 2.75) is 110 Å². The lowest BCUT2D eigenvalue weighted by atomic mass is 9.60. The molecule has 0 aromatic rings. The van der Waals surface area contributed by atoms with Gasteiger partial charge in [0.05, 0.1) is 12.2 Å². The van der Waals surface area contributed by atoms with E-state index in [2.05, 4.69) is 55.2 Å². The average molecular weight is 581 g/mol. The number of hydrogen-bond acceptors (Lipinski definition) is 2.